The van der Waals surface area contributed by atoms with Gasteiger partial charge < -0.3 is 15.4 Å². The zero-order valence-corrected chi connectivity index (χ0v) is 17.2. The van der Waals surface area contributed by atoms with Gasteiger partial charge in [0.2, 0.25) is 17.0 Å². The van der Waals surface area contributed by atoms with E-state index in [4.69, 9.17) is 0 Å². The predicted molar refractivity (Wildman–Crippen MR) is 116 cm³/mol. The maximum absolute atomic E-state index is 12.2. The van der Waals surface area contributed by atoms with Crippen LogP contribution >= 0.6 is 27.7 Å². The molecule has 0 unspecified atom stereocenters. The Hall–Kier alpha value is -2.98. The highest BCUT2D eigenvalue weighted by atomic mass is 79.9. The van der Waals surface area contributed by atoms with Crippen molar-refractivity contribution in [1.29, 1.82) is 0 Å². The summed E-state index contributed by atoms with van der Waals surface area (Å²) >= 11 is 4.40. The van der Waals surface area contributed by atoms with Crippen LogP contribution in [0.15, 0.2) is 68.2 Å². The lowest BCUT2D eigenvalue weighted by atomic mass is 10.2. The molecule has 3 N–H and O–H groups in total. The maximum atomic E-state index is 12.2. The Morgan fingerprint density at radius 2 is 1.97 bits per heavy atom. The number of halogens is 1. The van der Waals surface area contributed by atoms with Crippen LogP contribution in [0.5, 0.6) is 5.88 Å². The molecule has 0 saturated carbocycles. The van der Waals surface area contributed by atoms with Gasteiger partial charge in [-0.2, -0.15) is 4.99 Å². The number of benzene rings is 2. The summed E-state index contributed by atoms with van der Waals surface area (Å²) in [5.41, 5.74) is 1.63. The number of anilines is 1. The van der Waals surface area contributed by atoms with Gasteiger partial charge in [-0.05, 0) is 30.3 Å². The minimum absolute atomic E-state index is 0.0274. The summed E-state index contributed by atoms with van der Waals surface area (Å²) in [6, 6.07) is 14.4. The van der Waals surface area contributed by atoms with Crippen molar-refractivity contribution in [3.8, 4) is 5.88 Å². The van der Waals surface area contributed by atoms with Crippen LogP contribution in [0.4, 0.5) is 11.4 Å². The first-order valence-electron chi connectivity index (χ1n) is 8.55. The molecule has 0 fully saturated rings. The normalized spacial score (nSPS) is 16.5. The maximum Gasteiger partial charge on any atom is 0.262 e. The Labute approximate surface area is 177 Å². The number of rotatable bonds is 4. The molecule has 0 aliphatic carbocycles. The van der Waals surface area contributed by atoms with E-state index in [0.29, 0.717) is 11.1 Å². The van der Waals surface area contributed by atoms with E-state index in [9.17, 15) is 14.7 Å². The molecule has 0 radical (unpaired) electrons. The monoisotopic (exact) mass is 471 g/mol. The highest BCUT2D eigenvalue weighted by Crippen LogP contribution is 2.36. The number of para-hydroxylation sites is 1. The minimum atomic E-state index is -0.657. The first-order valence-corrected chi connectivity index (χ1v) is 10.2. The van der Waals surface area contributed by atoms with Crippen LogP contribution in [0.25, 0.3) is 10.9 Å². The summed E-state index contributed by atoms with van der Waals surface area (Å²) in [4.78, 5) is 31.0. The second kappa shape index (κ2) is 8.18. The van der Waals surface area contributed by atoms with Gasteiger partial charge in [-0.25, -0.2) is 0 Å². The molecule has 1 atom stereocenters. The van der Waals surface area contributed by atoms with E-state index in [1.807, 2.05) is 24.3 Å². The molecule has 1 aliphatic rings. The minimum Gasteiger partial charge on any atom is -0.493 e. The smallest absolute Gasteiger partial charge is 0.262 e. The van der Waals surface area contributed by atoms with E-state index in [0.717, 1.165) is 21.8 Å². The molecular formula is C19H14BrN5O3S. The number of carbonyl (C=O) groups is 2. The topological polar surface area (TPSA) is 119 Å². The Bertz CT molecular complexity index is 1160. The average molecular weight is 472 g/mol. The predicted octanol–water partition coefficient (Wildman–Crippen LogP) is 4.75. The second-order valence-electron chi connectivity index (χ2n) is 6.17. The third-order valence-corrected chi connectivity index (χ3v) is 5.69. The number of nitrogens with zero attached hydrogens (tertiary/aromatic N) is 3. The quantitative estimate of drug-likeness (QED) is 0.475. The van der Waals surface area contributed by atoms with Gasteiger partial charge in [0.25, 0.3) is 5.91 Å². The Balaban J connectivity index is 1.40. The Kier molecular flexibility index (Phi) is 5.45. The number of carbonyl (C=O) groups excluding carboxylic acids is 2. The number of nitrogens with one attached hydrogen (secondary N) is 2. The van der Waals surface area contributed by atoms with Crippen molar-refractivity contribution in [3.63, 3.8) is 0 Å². The van der Waals surface area contributed by atoms with Gasteiger partial charge in [0.05, 0.1) is 5.52 Å². The largest absolute Gasteiger partial charge is 0.493 e. The molecule has 10 heteroatoms. The number of azo groups is 1. The number of amidine groups is 1. The van der Waals surface area contributed by atoms with Crippen LogP contribution < -0.4 is 5.32 Å². The lowest BCUT2D eigenvalue weighted by Crippen LogP contribution is -2.21. The third-order valence-electron chi connectivity index (χ3n) is 4.12. The van der Waals surface area contributed by atoms with Crippen molar-refractivity contribution in [2.75, 3.05) is 5.32 Å². The van der Waals surface area contributed by atoms with Crippen molar-refractivity contribution in [2.45, 2.75) is 11.7 Å². The molecular weight excluding hydrogens is 458 g/mol. The van der Waals surface area contributed by atoms with E-state index < -0.39 is 11.2 Å². The molecule has 0 bridgehead atoms. The summed E-state index contributed by atoms with van der Waals surface area (Å²) < 4.78 is 0.904. The van der Waals surface area contributed by atoms with Crippen molar-refractivity contribution < 1.29 is 14.7 Å². The average Bonchev–Trinajstić information content (AvgIpc) is 3.20. The fourth-order valence-corrected chi connectivity index (χ4v) is 3.90. The standard InChI is InChI=1S/C19H14BrN5O3S/c20-10-5-7-11(8-6-10)21-15(26)9-14-17(27)23-19(29-14)25-24-16-12-3-1-2-4-13(12)22-18(16)28/h1-8,14,22,28H,9H2,(H,21,26)/t14-/m1/s1. The lowest BCUT2D eigenvalue weighted by Gasteiger charge is -2.07. The first kappa shape index (κ1) is 19.3. The highest BCUT2D eigenvalue weighted by molar-refractivity contribution is 9.10. The zero-order valence-electron chi connectivity index (χ0n) is 14.8. The number of hydrogen-bond acceptors (Lipinski definition) is 6. The van der Waals surface area contributed by atoms with E-state index in [1.165, 1.54) is 0 Å². The number of aromatic hydroxyl groups is 1. The molecule has 2 aromatic carbocycles. The first-order chi connectivity index (χ1) is 14.0. The molecule has 1 aromatic heterocycles. The summed E-state index contributed by atoms with van der Waals surface area (Å²) in [6.45, 7) is 0. The van der Waals surface area contributed by atoms with Gasteiger partial charge >= 0.3 is 0 Å². The van der Waals surface area contributed by atoms with Crippen molar-refractivity contribution in [2.24, 2.45) is 15.2 Å². The highest BCUT2D eigenvalue weighted by Gasteiger charge is 2.31. The van der Waals surface area contributed by atoms with Crippen LogP contribution in [0.2, 0.25) is 0 Å². The van der Waals surface area contributed by atoms with Crippen molar-refractivity contribution in [3.05, 3.63) is 53.0 Å². The number of amides is 2. The fourth-order valence-electron chi connectivity index (χ4n) is 2.77. The molecule has 2 heterocycles. The molecule has 3 aromatic rings. The van der Waals surface area contributed by atoms with Gasteiger partial charge in [0, 0.05) is 22.0 Å². The molecule has 8 nitrogen and oxygen atoms in total. The van der Waals surface area contributed by atoms with Crippen LogP contribution in [0.1, 0.15) is 6.42 Å². The Morgan fingerprint density at radius 1 is 1.21 bits per heavy atom. The van der Waals surface area contributed by atoms with Crippen LogP contribution in [0, 0.1) is 0 Å². The van der Waals surface area contributed by atoms with Gasteiger partial charge in [0.15, 0.2) is 5.69 Å². The third kappa shape index (κ3) is 4.38. The van der Waals surface area contributed by atoms with Crippen LogP contribution in [-0.2, 0) is 9.59 Å². The van der Waals surface area contributed by atoms with Gasteiger partial charge in [-0.3, -0.25) is 9.59 Å². The molecule has 29 heavy (non-hydrogen) atoms. The van der Waals surface area contributed by atoms with E-state index >= 15 is 0 Å². The summed E-state index contributed by atoms with van der Waals surface area (Å²) in [5.74, 6) is -0.839. The Morgan fingerprint density at radius 3 is 2.76 bits per heavy atom. The number of hydrogen-bond donors (Lipinski definition) is 3. The van der Waals surface area contributed by atoms with E-state index in [-0.39, 0.29) is 29.1 Å². The fraction of sp³-hybridized carbons (Fsp3) is 0.105. The number of H-pyrrole nitrogens is 1. The lowest BCUT2D eigenvalue weighted by molar-refractivity contribution is -0.121. The molecule has 4 rings (SSSR count). The number of fused-ring (bicyclic) bond motifs is 1. The van der Waals surface area contributed by atoms with Gasteiger partial charge in [-0.15, -0.1) is 10.2 Å². The van der Waals surface area contributed by atoms with Crippen molar-refractivity contribution >= 4 is 67.0 Å². The number of aromatic nitrogens is 1. The molecule has 0 spiro atoms. The molecule has 146 valence electrons. The second-order valence-corrected chi connectivity index (χ2v) is 8.25. The SMILES string of the molecule is O=C(C[C@H]1SC(N=Nc2c(O)[nH]c3ccccc23)=NC1=O)Nc1ccc(Br)cc1. The molecule has 2 amide bonds. The number of aromatic amines is 1. The molecule has 0 saturated heterocycles. The number of aliphatic imine (C=N–C) groups is 1. The van der Waals surface area contributed by atoms with Gasteiger partial charge in [0.1, 0.15) is 5.25 Å². The van der Waals surface area contributed by atoms with Crippen LogP contribution in [-0.4, -0.2) is 32.3 Å². The summed E-state index contributed by atoms with van der Waals surface area (Å²) in [5, 5.41) is 21.0. The zero-order chi connectivity index (χ0) is 20.4. The summed E-state index contributed by atoms with van der Waals surface area (Å²) in [6.07, 6.45) is -0.0274. The van der Waals surface area contributed by atoms with Crippen molar-refractivity contribution in [1.82, 2.24) is 4.98 Å². The van der Waals surface area contributed by atoms with E-state index in [2.05, 4.69) is 41.5 Å². The number of thioether (sulfide) groups is 1. The van der Waals surface area contributed by atoms with Gasteiger partial charge in [-0.1, -0.05) is 45.9 Å². The summed E-state index contributed by atoms with van der Waals surface area (Å²) in [7, 11) is 0. The van der Waals surface area contributed by atoms with Crippen LogP contribution in [0.3, 0.4) is 0 Å². The van der Waals surface area contributed by atoms with E-state index in [1.54, 1.807) is 24.3 Å². The molecule has 1 aliphatic heterocycles.